The fraction of sp³-hybridized carbons (Fsp3) is 0.130. The fourth-order valence-corrected chi connectivity index (χ4v) is 3.95. The van der Waals surface area contributed by atoms with Gasteiger partial charge >= 0.3 is 0 Å². The molecule has 4 aromatic rings. The minimum Gasteiger partial charge on any atom is -0.497 e. The van der Waals surface area contributed by atoms with E-state index >= 15 is 0 Å². The van der Waals surface area contributed by atoms with Crippen molar-refractivity contribution in [2.75, 3.05) is 14.2 Å². The Morgan fingerprint density at radius 1 is 0.867 bits per heavy atom. The molecule has 0 bridgehead atoms. The molecule has 0 aliphatic rings. The smallest absolute Gasteiger partial charge is 0.196 e. The van der Waals surface area contributed by atoms with Crippen molar-refractivity contribution in [1.82, 2.24) is 14.8 Å². The van der Waals surface area contributed by atoms with Crippen LogP contribution in [0.3, 0.4) is 0 Å². The van der Waals surface area contributed by atoms with Gasteiger partial charge in [-0.05, 0) is 54.1 Å². The second-order valence-electron chi connectivity index (χ2n) is 6.49. The van der Waals surface area contributed by atoms with Crippen LogP contribution < -0.4 is 9.47 Å². The molecule has 0 fully saturated rings. The molecule has 0 unspecified atom stereocenters. The molecule has 3 aromatic carbocycles. The average molecular weight is 421 g/mol. The van der Waals surface area contributed by atoms with E-state index in [1.54, 1.807) is 20.3 Å². The van der Waals surface area contributed by atoms with Crippen molar-refractivity contribution < 1.29 is 13.9 Å². The van der Waals surface area contributed by atoms with E-state index < -0.39 is 0 Å². The van der Waals surface area contributed by atoms with Gasteiger partial charge in [-0.15, -0.1) is 10.2 Å². The fourth-order valence-electron chi connectivity index (χ4n) is 3.05. The van der Waals surface area contributed by atoms with Crippen LogP contribution in [0.2, 0.25) is 0 Å². The molecule has 0 radical (unpaired) electrons. The minimum absolute atomic E-state index is 0.248. The molecule has 5 nitrogen and oxygen atoms in total. The Morgan fingerprint density at radius 3 is 2.37 bits per heavy atom. The summed E-state index contributed by atoms with van der Waals surface area (Å²) in [5.74, 6) is 2.53. The summed E-state index contributed by atoms with van der Waals surface area (Å²) in [4.78, 5) is 0. The molecule has 0 atom stereocenters. The van der Waals surface area contributed by atoms with Gasteiger partial charge in [-0.1, -0.05) is 36.0 Å². The third-order valence-electron chi connectivity index (χ3n) is 4.55. The van der Waals surface area contributed by atoms with E-state index in [2.05, 4.69) is 10.2 Å². The third kappa shape index (κ3) is 4.31. The molecule has 1 heterocycles. The van der Waals surface area contributed by atoms with Gasteiger partial charge in [-0.2, -0.15) is 0 Å². The monoisotopic (exact) mass is 421 g/mol. The summed E-state index contributed by atoms with van der Waals surface area (Å²) in [5.41, 5.74) is 2.67. The molecule has 0 saturated heterocycles. The number of hydrogen-bond acceptors (Lipinski definition) is 5. The predicted molar refractivity (Wildman–Crippen MR) is 116 cm³/mol. The van der Waals surface area contributed by atoms with Crippen molar-refractivity contribution >= 4 is 11.8 Å². The second-order valence-corrected chi connectivity index (χ2v) is 7.43. The zero-order valence-corrected chi connectivity index (χ0v) is 17.4. The minimum atomic E-state index is -0.248. The van der Waals surface area contributed by atoms with Crippen molar-refractivity contribution in [1.29, 1.82) is 0 Å². The number of methoxy groups -OCH3 is 2. The van der Waals surface area contributed by atoms with Gasteiger partial charge in [0.15, 0.2) is 11.0 Å². The maximum atomic E-state index is 13.5. The number of aromatic nitrogens is 3. The lowest BCUT2D eigenvalue weighted by Crippen LogP contribution is -2.00. The Hall–Kier alpha value is -3.32. The first kappa shape index (κ1) is 20.0. The van der Waals surface area contributed by atoms with E-state index in [0.717, 1.165) is 28.3 Å². The van der Waals surface area contributed by atoms with Gasteiger partial charge in [0.25, 0.3) is 0 Å². The van der Waals surface area contributed by atoms with E-state index in [1.807, 2.05) is 59.2 Å². The molecule has 0 amide bonds. The van der Waals surface area contributed by atoms with Crippen LogP contribution in [0.1, 0.15) is 5.56 Å². The molecule has 0 spiro atoms. The first-order valence-corrected chi connectivity index (χ1v) is 10.3. The lowest BCUT2D eigenvalue weighted by Gasteiger charge is -2.12. The Labute approximate surface area is 178 Å². The lowest BCUT2D eigenvalue weighted by molar-refractivity contribution is 0.414. The molecular weight excluding hydrogens is 401 g/mol. The largest absolute Gasteiger partial charge is 0.497 e. The highest BCUT2D eigenvalue weighted by atomic mass is 32.2. The van der Waals surface area contributed by atoms with Crippen molar-refractivity contribution in [2.45, 2.75) is 10.9 Å². The molecule has 0 saturated carbocycles. The molecule has 30 heavy (non-hydrogen) atoms. The maximum Gasteiger partial charge on any atom is 0.196 e. The van der Waals surface area contributed by atoms with Gasteiger partial charge in [-0.3, -0.25) is 4.57 Å². The van der Waals surface area contributed by atoms with Crippen molar-refractivity contribution in [2.24, 2.45) is 0 Å². The number of nitrogens with zero attached hydrogens (tertiary/aromatic N) is 3. The highest BCUT2D eigenvalue weighted by molar-refractivity contribution is 7.98. The first-order valence-electron chi connectivity index (χ1n) is 9.29. The number of hydrogen-bond donors (Lipinski definition) is 0. The van der Waals surface area contributed by atoms with Gasteiger partial charge in [0.1, 0.15) is 17.3 Å². The van der Waals surface area contributed by atoms with Gasteiger partial charge < -0.3 is 9.47 Å². The van der Waals surface area contributed by atoms with Crippen LogP contribution in [-0.4, -0.2) is 29.0 Å². The Bertz CT molecular complexity index is 1150. The van der Waals surface area contributed by atoms with E-state index in [1.165, 1.54) is 23.9 Å². The number of ether oxygens (including phenoxy) is 2. The molecule has 0 N–H and O–H groups in total. The molecule has 1 aromatic heterocycles. The quantitative estimate of drug-likeness (QED) is 0.375. The summed E-state index contributed by atoms with van der Waals surface area (Å²) >= 11 is 1.50. The number of halogens is 1. The Balaban J connectivity index is 1.74. The molecule has 152 valence electrons. The van der Waals surface area contributed by atoms with Crippen molar-refractivity contribution in [3.63, 3.8) is 0 Å². The van der Waals surface area contributed by atoms with Crippen LogP contribution in [0, 0.1) is 5.82 Å². The van der Waals surface area contributed by atoms with Crippen molar-refractivity contribution in [3.8, 4) is 28.6 Å². The number of thioether (sulfide) groups is 1. The molecule has 0 aliphatic carbocycles. The third-order valence-corrected chi connectivity index (χ3v) is 5.55. The maximum absolute atomic E-state index is 13.5. The highest BCUT2D eigenvalue weighted by Gasteiger charge is 2.17. The summed E-state index contributed by atoms with van der Waals surface area (Å²) in [6.07, 6.45) is 0. The Morgan fingerprint density at radius 2 is 1.63 bits per heavy atom. The Kier molecular flexibility index (Phi) is 5.99. The van der Waals surface area contributed by atoms with Crippen LogP contribution in [0.25, 0.3) is 17.1 Å². The predicted octanol–water partition coefficient (Wildman–Crippen LogP) is 5.38. The molecule has 7 heteroatoms. The van der Waals surface area contributed by atoms with Gasteiger partial charge in [0.2, 0.25) is 0 Å². The summed E-state index contributed by atoms with van der Waals surface area (Å²) in [5, 5.41) is 9.57. The van der Waals surface area contributed by atoms with Crippen LogP contribution in [0.4, 0.5) is 4.39 Å². The molecular formula is C23H20FN3O2S. The highest BCUT2D eigenvalue weighted by Crippen LogP contribution is 2.31. The average Bonchev–Trinajstić information content (AvgIpc) is 3.22. The number of benzene rings is 3. The van der Waals surface area contributed by atoms with E-state index in [0.29, 0.717) is 16.7 Å². The van der Waals surface area contributed by atoms with E-state index in [9.17, 15) is 4.39 Å². The first-order chi connectivity index (χ1) is 14.7. The molecule has 4 rings (SSSR count). The summed E-state index contributed by atoms with van der Waals surface area (Å²) in [7, 11) is 3.27. The normalized spacial score (nSPS) is 10.8. The zero-order chi connectivity index (χ0) is 20.9. The van der Waals surface area contributed by atoms with Crippen molar-refractivity contribution in [3.05, 3.63) is 84.2 Å². The van der Waals surface area contributed by atoms with Crippen LogP contribution in [0.15, 0.2) is 78.0 Å². The molecule has 0 aliphatic heterocycles. The lowest BCUT2D eigenvalue weighted by atomic mass is 10.2. The van der Waals surface area contributed by atoms with E-state index in [4.69, 9.17) is 9.47 Å². The van der Waals surface area contributed by atoms with Gasteiger partial charge in [0.05, 0.1) is 14.2 Å². The SMILES string of the molecule is COc1ccc(-n2c(SCc3cccc(F)c3)nnc2-c2cccc(OC)c2)cc1. The summed E-state index contributed by atoms with van der Waals surface area (Å²) in [6, 6.07) is 22.0. The second kappa shape index (κ2) is 9.00. The summed E-state index contributed by atoms with van der Waals surface area (Å²) in [6.45, 7) is 0. The van der Waals surface area contributed by atoms with Crippen LogP contribution >= 0.6 is 11.8 Å². The van der Waals surface area contributed by atoms with Crippen LogP contribution in [0.5, 0.6) is 11.5 Å². The number of rotatable bonds is 7. The zero-order valence-electron chi connectivity index (χ0n) is 16.6. The van der Waals surface area contributed by atoms with Gasteiger partial charge in [0, 0.05) is 17.0 Å². The van der Waals surface area contributed by atoms with Gasteiger partial charge in [-0.25, -0.2) is 4.39 Å². The topological polar surface area (TPSA) is 49.2 Å². The van der Waals surface area contributed by atoms with Crippen LogP contribution in [-0.2, 0) is 5.75 Å². The summed E-state index contributed by atoms with van der Waals surface area (Å²) < 4.78 is 26.2. The standard InChI is InChI=1S/C23H20FN3O2S/c1-28-20-11-9-19(10-12-20)27-22(17-6-4-8-21(14-17)29-2)25-26-23(27)30-15-16-5-3-7-18(24)13-16/h3-14H,15H2,1-2H3. The van der Waals surface area contributed by atoms with E-state index in [-0.39, 0.29) is 5.82 Å².